The van der Waals surface area contributed by atoms with Crippen molar-refractivity contribution in [3.63, 3.8) is 0 Å². The largest absolute Gasteiger partial charge is 0.398 e. The van der Waals surface area contributed by atoms with Crippen LogP contribution in [0.4, 0.5) is 5.69 Å². The molecule has 7 nitrogen and oxygen atoms in total. The number of aliphatic imine (C=N–C) groups is 2. The van der Waals surface area contributed by atoms with Crippen LogP contribution in [-0.4, -0.2) is 41.2 Å². The van der Waals surface area contributed by atoms with Crippen molar-refractivity contribution < 1.29 is 0 Å². The van der Waals surface area contributed by atoms with Crippen LogP contribution in [-0.2, 0) is 6.54 Å². The van der Waals surface area contributed by atoms with E-state index in [0.29, 0.717) is 17.6 Å². The highest BCUT2D eigenvalue weighted by atomic mass is 32.1. The van der Waals surface area contributed by atoms with E-state index in [4.69, 9.17) is 22.2 Å². The first-order valence-corrected chi connectivity index (χ1v) is 9.80. The summed E-state index contributed by atoms with van der Waals surface area (Å²) in [6, 6.07) is 9.97. The summed E-state index contributed by atoms with van der Waals surface area (Å²) in [5, 5.41) is 1.56. The monoisotopic (exact) mass is 397 g/mol. The third-order valence-electron chi connectivity index (χ3n) is 4.83. The molecule has 1 aliphatic heterocycles. The maximum atomic E-state index is 6.01. The number of amidine groups is 1. The summed E-state index contributed by atoms with van der Waals surface area (Å²) in [6.45, 7) is 2.81. The number of benzene rings is 1. The lowest BCUT2D eigenvalue weighted by Crippen LogP contribution is -2.39. The third-order valence-corrected chi connectivity index (χ3v) is 5.11. The first-order chi connectivity index (χ1) is 13.6. The van der Waals surface area contributed by atoms with Gasteiger partial charge in [-0.25, -0.2) is 9.98 Å². The van der Waals surface area contributed by atoms with Gasteiger partial charge in [0.15, 0.2) is 5.84 Å². The van der Waals surface area contributed by atoms with E-state index < -0.39 is 0 Å². The van der Waals surface area contributed by atoms with Gasteiger partial charge in [-0.15, -0.1) is 12.6 Å². The lowest BCUT2D eigenvalue weighted by molar-refractivity contribution is 0.205. The zero-order valence-electron chi connectivity index (χ0n) is 15.8. The SMILES string of the molecule is NC=NC(=Nc1cccc(/C(N)=C/S)c1)c1[nH]ccc1CN1CCC(N)CC1. The average Bonchev–Trinajstić information content (AvgIpc) is 3.17. The van der Waals surface area contributed by atoms with Gasteiger partial charge in [0.1, 0.15) is 0 Å². The van der Waals surface area contributed by atoms with Gasteiger partial charge in [-0.1, -0.05) is 12.1 Å². The van der Waals surface area contributed by atoms with Crippen LogP contribution in [0.25, 0.3) is 5.70 Å². The smallest absolute Gasteiger partial charge is 0.178 e. The molecule has 1 fully saturated rings. The summed E-state index contributed by atoms with van der Waals surface area (Å²) in [5.74, 6) is 0.529. The van der Waals surface area contributed by atoms with Gasteiger partial charge >= 0.3 is 0 Å². The Kier molecular flexibility index (Phi) is 6.91. The molecule has 2 aromatic rings. The molecule has 0 spiro atoms. The molecule has 1 aliphatic rings. The number of hydrogen-bond donors (Lipinski definition) is 5. The van der Waals surface area contributed by atoms with Crippen molar-refractivity contribution in [3.8, 4) is 0 Å². The van der Waals surface area contributed by atoms with Gasteiger partial charge in [-0.05, 0) is 55.1 Å². The van der Waals surface area contributed by atoms with E-state index in [2.05, 4.69) is 33.6 Å². The second kappa shape index (κ2) is 9.59. The normalized spacial score (nSPS) is 17.5. The van der Waals surface area contributed by atoms with Crippen LogP contribution < -0.4 is 17.2 Å². The quantitative estimate of drug-likeness (QED) is 0.301. The topological polar surface area (TPSA) is 122 Å². The molecule has 1 aromatic heterocycles. The fraction of sp³-hybridized carbons (Fsp3) is 0.300. The van der Waals surface area contributed by atoms with Gasteiger partial charge in [0.05, 0.1) is 17.7 Å². The molecule has 1 aromatic carbocycles. The van der Waals surface area contributed by atoms with Gasteiger partial charge in [-0.2, -0.15) is 0 Å². The Balaban J connectivity index is 1.87. The van der Waals surface area contributed by atoms with Gasteiger partial charge in [0.2, 0.25) is 0 Å². The van der Waals surface area contributed by atoms with Crippen LogP contribution in [0.3, 0.4) is 0 Å². The predicted octanol–water partition coefficient (Wildman–Crippen LogP) is 2.19. The van der Waals surface area contributed by atoms with Crippen molar-refractivity contribution in [2.45, 2.75) is 25.4 Å². The highest BCUT2D eigenvalue weighted by Gasteiger charge is 2.19. The number of nitrogens with two attached hydrogens (primary N) is 3. The Morgan fingerprint density at radius 3 is 2.79 bits per heavy atom. The van der Waals surface area contributed by atoms with Crippen molar-refractivity contribution in [2.24, 2.45) is 27.2 Å². The number of thiol groups is 1. The minimum atomic E-state index is 0.312. The average molecular weight is 398 g/mol. The molecule has 2 heterocycles. The standard InChI is InChI=1S/C20H27N7S/c21-13-25-20(26-17-3-1-2-14(10-17)18(23)12-28)19-15(4-7-24-19)11-27-8-5-16(22)6-9-27/h1-4,7,10,12-13,16,24,28H,5-6,8-9,11,22-23H2,(H2,21,25,26)/b18-12-. The minimum Gasteiger partial charge on any atom is -0.398 e. The zero-order valence-corrected chi connectivity index (χ0v) is 16.6. The number of nitrogens with one attached hydrogen (secondary N) is 1. The molecule has 0 aliphatic carbocycles. The number of H-pyrrole nitrogens is 1. The number of likely N-dealkylation sites (tertiary alicyclic amines) is 1. The van der Waals surface area contributed by atoms with E-state index in [-0.39, 0.29) is 0 Å². The highest BCUT2D eigenvalue weighted by Crippen LogP contribution is 2.22. The summed E-state index contributed by atoms with van der Waals surface area (Å²) in [7, 11) is 0. The fourth-order valence-electron chi connectivity index (χ4n) is 3.27. The maximum absolute atomic E-state index is 6.01. The lowest BCUT2D eigenvalue weighted by atomic mass is 10.1. The molecule has 148 valence electrons. The number of piperidine rings is 1. The van der Waals surface area contributed by atoms with E-state index in [0.717, 1.165) is 55.0 Å². The van der Waals surface area contributed by atoms with E-state index in [9.17, 15) is 0 Å². The van der Waals surface area contributed by atoms with Crippen LogP contribution in [0.5, 0.6) is 0 Å². The molecule has 3 rings (SSSR count). The molecular formula is C20H27N7S. The number of nitrogens with zero attached hydrogens (tertiary/aromatic N) is 3. The summed E-state index contributed by atoms with van der Waals surface area (Å²) < 4.78 is 0. The van der Waals surface area contributed by atoms with Crippen LogP contribution >= 0.6 is 12.6 Å². The number of rotatable bonds is 5. The number of aromatic amines is 1. The van der Waals surface area contributed by atoms with Crippen molar-refractivity contribution in [1.29, 1.82) is 0 Å². The summed E-state index contributed by atoms with van der Waals surface area (Å²) >= 11 is 4.11. The van der Waals surface area contributed by atoms with Gasteiger partial charge < -0.3 is 22.2 Å². The molecule has 0 amide bonds. The summed E-state index contributed by atoms with van der Waals surface area (Å²) in [6.07, 6.45) is 5.21. The van der Waals surface area contributed by atoms with E-state index in [1.807, 2.05) is 30.5 Å². The fourth-order valence-corrected chi connectivity index (χ4v) is 3.41. The Morgan fingerprint density at radius 1 is 1.29 bits per heavy atom. The van der Waals surface area contributed by atoms with Gasteiger partial charge in [0.25, 0.3) is 0 Å². The Morgan fingerprint density at radius 2 is 2.07 bits per heavy atom. The molecule has 0 bridgehead atoms. The summed E-state index contributed by atoms with van der Waals surface area (Å²) in [5.41, 5.74) is 21.7. The second-order valence-corrected chi connectivity index (χ2v) is 7.10. The van der Waals surface area contributed by atoms with Crippen molar-refractivity contribution in [2.75, 3.05) is 13.1 Å². The van der Waals surface area contributed by atoms with E-state index in [1.165, 1.54) is 6.34 Å². The Bertz CT molecular complexity index is 876. The molecule has 0 atom stereocenters. The third kappa shape index (κ3) is 5.03. The molecule has 0 unspecified atom stereocenters. The minimum absolute atomic E-state index is 0.312. The molecule has 0 radical (unpaired) electrons. The molecule has 7 N–H and O–H groups in total. The molecule has 1 saturated heterocycles. The van der Waals surface area contributed by atoms with Gasteiger partial charge in [0, 0.05) is 30.0 Å². The first kappa shape index (κ1) is 20.2. The van der Waals surface area contributed by atoms with Crippen molar-refractivity contribution in [3.05, 3.63) is 58.8 Å². The lowest BCUT2D eigenvalue weighted by Gasteiger charge is -2.30. The van der Waals surface area contributed by atoms with Crippen molar-refractivity contribution >= 4 is 36.2 Å². The Labute approximate surface area is 170 Å². The summed E-state index contributed by atoms with van der Waals surface area (Å²) in [4.78, 5) is 14.6. The second-order valence-electron chi connectivity index (χ2n) is 6.84. The number of hydrogen-bond acceptors (Lipinski definition) is 5. The number of aromatic nitrogens is 1. The maximum Gasteiger partial charge on any atom is 0.178 e. The van der Waals surface area contributed by atoms with Gasteiger partial charge in [-0.3, -0.25) is 4.90 Å². The van der Waals surface area contributed by atoms with Crippen molar-refractivity contribution in [1.82, 2.24) is 9.88 Å². The van der Waals surface area contributed by atoms with Crippen LogP contribution in [0.15, 0.2) is 51.9 Å². The first-order valence-electron chi connectivity index (χ1n) is 9.28. The van der Waals surface area contributed by atoms with E-state index in [1.54, 1.807) is 5.41 Å². The van der Waals surface area contributed by atoms with Crippen LogP contribution in [0.1, 0.15) is 29.7 Å². The molecule has 0 saturated carbocycles. The predicted molar refractivity (Wildman–Crippen MR) is 120 cm³/mol. The van der Waals surface area contributed by atoms with Crippen LogP contribution in [0.2, 0.25) is 0 Å². The van der Waals surface area contributed by atoms with Crippen LogP contribution in [0, 0.1) is 0 Å². The molecular weight excluding hydrogens is 370 g/mol. The van der Waals surface area contributed by atoms with E-state index >= 15 is 0 Å². The molecule has 8 heteroatoms. The Hall–Kier alpha value is -2.55. The highest BCUT2D eigenvalue weighted by molar-refractivity contribution is 7.83. The zero-order chi connectivity index (χ0) is 19.9. The molecule has 28 heavy (non-hydrogen) atoms.